The first-order valence-electron chi connectivity index (χ1n) is 5.22. The van der Waals surface area contributed by atoms with Crippen LogP contribution >= 0.6 is 0 Å². The van der Waals surface area contributed by atoms with E-state index in [-0.39, 0.29) is 0 Å². The molecule has 4 nitrogen and oxygen atoms in total. The van der Waals surface area contributed by atoms with Crippen molar-refractivity contribution in [2.45, 2.75) is 13.1 Å². The van der Waals surface area contributed by atoms with E-state index in [1.54, 1.807) is 18.3 Å². The first-order valence-corrected chi connectivity index (χ1v) is 5.22. The van der Waals surface area contributed by atoms with Gasteiger partial charge >= 0.3 is 0 Å². The van der Waals surface area contributed by atoms with Crippen LogP contribution in [0.25, 0.3) is 0 Å². The molecule has 0 saturated carbocycles. The van der Waals surface area contributed by atoms with Gasteiger partial charge < -0.3 is 15.0 Å². The van der Waals surface area contributed by atoms with Crippen molar-refractivity contribution < 1.29 is 5.11 Å². The molecular weight excluding hydrogens is 202 g/mol. The van der Waals surface area contributed by atoms with Crippen LogP contribution < -0.4 is 5.32 Å². The second-order valence-electron chi connectivity index (χ2n) is 3.67. The molecule has 0 fully saturated rings. The van der Waals surface area contributed by atoms with E-state index in [9.17, 15) is 5.11 Å². The Morgan fingerprint density at radius 2 is 2.06 bits per heavy atom. The van der Waals surface area contributed by atoms with Crippen molar-refractivity contribution in [3.05, 3.63) is 48.0 Å². The van der Waals surface area contributed by atoms with Gasteiger partial charge in [0.15, 0.2) is 0 Å². The summed E-state index contributed by atoms with van der Waals surface area (Å²) in [4.78, 5) is 4.27. The summed E-state index contributed by atoms with van der Waals surface area (Å²) in [6, 6.07) is 7.23. The molecule has 0 unspecified atom stereocenters. The van der Waals surface area contributed by atoms with E-state index < -0.39 is 0 Å². The zero-order chi connectivity index (χ0) is 11.4. The predicted molar refractivity (Wildman–Crippen MR) is 62.2 cm³/mol. The average Bonchev–Trinajstić information content (AvgIpc) is 2.70. The van der Waals surface area contributed by atoms with Gasteiger partial charge in [-0.25, -0.2) is 4.98 Å². The van der Waals surface area contributed by atoms with Gasteiger partial charge in [0.25, 0.3) is 0 Å². The number of phenols is 1. The Balaban J connectivity index is 2.13. The summed E-state index contributed by atoms with van der Waals surface area (Å²) in [5.41, 5.74) is 1.15. The highest BCUT2D eigenvalue weighted by atomic mass is 16.3. The summed E-state index contributed by atoms with van der Waals surface area (Å²) < 4.78 is 2.09. The molecule has 0 saturated heterocycles. The SMILES string of the molecule is CNCc1nccn1Cc1ccc(O)cc1. The second kappa shape index (κ2) is 4.81. The largest absolute Gasteiger partial charge is 0.508 e. The number of imidazole rings is 1. The first kappa shape index (κ1) is 10.7. The molecule has 0 radical (unpaired) electrons. The van der Waals surface area contributed by atoms with Gasteiger partial charge in [0.1, 0.15) is 11.6 Å². The van der Waals surface area contributed by atoms with E-state index in [2.05, 4.69) is 14.9 Å². The lowest BCUT2D eigenvalue weighted by Crippen LogP contribution is -2.12. The summed E-state index contributed by atoms with van der Waals surface area (Å²) in [6.45, 7) is 1.53. The fraction of sp³-hybridized carbons (Fsp3) is 0.250. The minimum absolute atomic E-state index is 0.296. The fourth-order valence-corrected chi connectivity index (χ4v) is 1.61. The zero-order valence-corrected chi connectivity index (χ0v) is 9.22. The fourth-order valence-electron chi connectivity index (χ4n) is 1.61. The van der Waals surface area contributed by atoms with Gasteiger partial charge in [-0.3, -0.25) is 0 Å². The quantitative estimate of drug-likeness (QED) is 0.813. The number of aromatic hydroxyl groups is 1. The Labute approximate surface area is 94.6 Å². The maximum Gasteiger partial charge on any atom is 0.122 e. The molecule has 1 aromatic heterocycles. The van der Waals surface area contributed by atoms with E-state index in [4.69, 9.17) is 0 Å². The van der Waals surface area contributed by atoms with Gasteiger partial charge in [-0.1, -0.05) is 12.1 Å². The number of hydrogen-bond donors (Lipinski definition) is 2. The van der Waals surface area contributed by atoms with Crippen molar-refractivity contribution in [3.8, 4) is 5.75 Å². The molecular formula is C12H15N3O. The van der Waals surface area contributed by atoms with Gasteiger partial charge in [0, 0.05) is 18.9 Å². The van der Waals surface area contributed by atoms with E-state index in [1.165, 1.54) is 0 Å². The number of nitrogens with zero attached hydrogens (tertiary/aromatic N) is 2. The molecule has 16 heavy (non-hydrogen) atoms. The third-order valence-corrected chi connectivity index (χ3v) is 2.43. The molecule has 0 bridgehead atoms. The normalized spacial score (nSPS) is 10.6. The minimum Gasteiger partial charge on any atom is -0.508 e. The molecule has 0 aliphatic carbocycles. The van der Waals surface area contributed by atoms with Crippen molar-refractivity contribution in [1.82, 2.24) is 14.9 Å². The Morgan fingerprint density at radius 1 is 1.31 bits per heavy atom. The molecule has 4 heteroatoms. The highest BCUT2D eigenvalue weighted by Crippen LogP contribution is 2.11. The third kappa shape index (κ3) is 2.41. The van der Waals surface area contributed by atoms with Crippen LogP contribution in [0.5, 0.6) is 5.75 Å². The van der Waals surface area contributed by atoms with E-state index in [0.29, 0.717) is 5.75 Å². The van der Waals surface area contributed by atoms with Gasteiger partial charge in [-0.15, -0.1) is 0 Å². The van der Waals surface area contributed by atoms with E-state index >= 15 is 0 Å². The average molecular weight is 217 g/mol. The van der Waals surface area contributed by atoms with E-state index in [1.807, 2.05) is 25.4 Å². The van der Waals surface area contributed by atoms with Crippen LogP contribution in [0.15, 0.2) is 36.7 Å². The Morgan fingerprint density at radius 3 is 2.75 bits per heavy atom. The van der Waals surface area contributed by atoms with Crippen LogP contribution in [-0.2, 0) is 13.1 Å². The van der Waals surface area contributed by atoms with Crippen LogP contribution in [0, 0.1) is 0 Å². The Bertz CT molecular complexity index is 448. The van der Waals surface area contributed by atoms with Gasteiger partial charge in [-0.2, -0.15) is 0 Å². The lowest BCUT2D eigenvalue weighted by Gasteiger charge is -2.07. The van der Waals surface area contributed by atoms with Crippen molar-refractivity contribution in [2.75, 3.05) is 7.05 Å². The number of phenolic OH excluding ortho intramolecular Hbond substituents is 1. The molecule has 1 heterocycles. The smallest absolute Gasteiger partial charge is 0.122 e. The molecule has 0 atom stereocenters. The van der Waals surface area contributed by atoms with Gasteiger partial charge in [0.05, 0.1) is 6.54 Å². The molecule has 0 spiro atoms. The first-order chi connectivity index (χ1) is 7.79. The summed E-state index contributed by atoms with van der Waals surface area (Å²) in [5, 5.41) is 12.3. The van der Waals surface area contributed by atoms with Crippen LogP contribution in [0.3, 0.4) is 0 Å². The maximum absolute atomic E-state index is 9.19. The lowest BCUT2D eigenvalue weighted by atomic mass is 10.2. The van der Waals surface area contributed by atoms with E-state index in [0.717, 1.165) is 24.5 Å². The molecule has 2 rings (SSSR count). The molecule has 1 aromatic carbocycles. The van der Waals surface area contributed by atoms with Gasteiger partial charge in [-0.05, 0) is 24.7 Å². The van der Waals surface area contributed by atoms with Crippen molar-refractivity contribution in [3.63, 3.8) is 0 Å². The van der Waals surface area contributed by atoms with Crippen LogP contribution in [-0.4, -0.2) is 21.7 Å². The van der Waals surface area contributed by atoms with Crippen molar-refractivity contribution in [2.24, 2.45) is 0 Å². The number of hydrogen-bond acceptors (Lipinski definition) is 3. The molecule has 2 N–H and O–H groups in total. The number of aromatic nitrogens is 2. The molecule has 84 valence electrons. The molecule has 0 aliphatic rings. The second-order valence-corrected chi connectivity index (χ2v) is 3.67. The highest BCUT2D eigenvalue weighted by molar-refractivity contribution is 5.26. The summed E-state index contributed by atoms with van der Waals surface area (Å²) in [7, 11) is 1.90. The van der Waals surface area contributed by atoms with Crippen LogP contribution in [0.2, 0.25) is 0 Å². The Hall–Kier alpha value is -1.81. The van der Waals surface area contributed by atoms with Gasteiger partial charge in [0.2, 0.25) is 0 Å². The summed E-state index contributed by atoms with van der Waals surface area (Å²) in [6.07, 6.45) is 3.76. The summed E-state index contributed by atoms with van der Waals surface area (Å²) >= 11 is 0. The predicted octanol–water partition coefficient (Wildman–Crippen LogP) is 1.36. The van der Waals surface area contributed by atoms with Crippen molar-refractivity contribution in [1.29, 1.82) is 0 Å². The third-order valence-electron chi connectivity index (χ3n) is 2.43. The zero-order valence-electron chi connectivity index (χ0n) is 9.22. The van der Waals surface area contributed by atoms with Crippen molar-refractivity contribution >= 4 is 0 Å². The Kier molecular flexibility index (Phi) is 3.22. The lowest BCUT2D eigenvalue weighted by molar-refractivity contribution is 0.475. The topological polar surface area (TPSA) is 50.1 Å². The maximum atomic E-state index is 9.19. The van der Waals surface area contributed by atoms with Crippen LogP contribution in [0.4, 0.5) is 0 Å². The number of benzene rings is 1. The monoisotopic (exact) mass is 217 g/mol. The highest BCUT2D eigenvalue weighted by Gasteiger charge is 2.02. The standard InChI is InChI=1S/C12H15N3O/c1-13-8-12-14-6-7-15(12)9-10-2-4-11(16)5-3-10/h2-7,13,16H,8-9H2,1H3. The van der Waals surface area contributed by atoms with Crippen LogP contribution in [0.1, 0.15) is 11.4 Å². The summed E-state index contributed by atoms with van der Waals surface area (Å²) in [5.74, 6) is 1.31. The minimum atomic E-state index is 0.296. The number of rotatable bonds is 4. The number of nitrogens with one attached hydrogen (secondary N) is 1. The molecule has 0 aliphatic heterocycles. The molecule has 2 aromatic rings. The molecule has 0 amide bonds.